The molecule has 0 aliphatic carbocycles. The second-order valence-corrected chi connectivity index (χ2v) is 4.24. The molecule has 0 bridgehead atoms. The van der Waals surface area contributed by atoms with Crippen LogP contribution in [0.25, 0.3) is 0 Å². The van der Waals surface area contributed by atoms with E-state index in [1.807, 2.05) is 0 Å². The molecule has 1 aromatic rings. The molecule has 0 spiro atoms. The summed E-state index contributed by atoms with van der Waals surface area (Å²) in [6.45, 7) is 2.80. The highest BCUT2D eigenvalue weighted by Crippen LogP contribution is 2.16. The third kappa shape index (κ3) is 2.35. The normalized spacial score (nSPS) is 25.4. The Morgan fingerprint density at radius 1 is 1.80 bits per heavy atom. The van der Waals surface area contributed by atoms with Crippen molar-refractivity contribution in [2.75, 3.05) is 6.61 Å². The summed E-state index contributed by atoms with van der Waals surface area (Å²) in [6.07, 6.45) is 1.99. The highest BCUT2D eigenvalue weighted by molar-refractivity contribution is 7.03. The molecule has 1 aromatic heterocycles. The van der Waals surface area contributed by atoms with Gasteiger partial charge in [-0.15, -0.1) is 0 Å². The molecule has 15 heavy (non-hydrogen) atoms. The molecule has 0 radical (unpaired) electrons. The Morgan fingerprint density at radius 2 is 2.67 bits per heavy atom. The summed E-state index contributed by atoms with van der Waals surface area (Å²) in [5.74, 6) is -0.0924. The van der Waals surface area contributed by atoms with Gasteiger partial charge < -0.3 is 10.1 Å². The Balaban J connectivity index is 1.94. The van der Waals surface area contributed by atoms with Gasteiger partial charge in [0.2, 0.25) is 0 Å². The molecule has 1 aliphatic heterocycles. The van der Waals surface area contributed by atoms with Crippen molar-refractivity contribution in [2.24, 2.45) is 0 Å². The quantitative estimate of drug-likeness (QED) is 0.848. The van der Waals surface area contributed by atoms with Crippen molar-refractivity contribution >= 4 is 17.4 Å². The molecule has 1 saturated heterocycles. The average molecular weight is 226 g/mol. The number of amides is 1. The summed E-state index contributed by atoms with van der Waals surface area (Å²) in [5, 5.41) is 4.77. The monoisotopic (exact) mass is 226 g/mol. The molecular formula is C10H14N2O2S. The van der Waals surface area contributed by atoms with Gasteiger partial charge in [0, 0.05) is 12.0 Å². The molecule has 5 heteroatoms. The van der Waals surface area contributed by atoms with Crippen molar-refractivity contribution in [2.45, 2.75) is 31.9 Å². The third-order valence-electron chi connectivity index (χ3n) is 2.60. The van der Waals surface area contributed by atoms with Crippen LogP contribution in [-0.2, 0) is 4.74 Å². The molecule has 82 valence electrons. The highest BCUT2D eigenvalue weighted by atomic mass is 32.1. The summed E-state index contributed by atoms with van der Waals surface area (Å²) in [7, 11) is 0. The van der Waals surface area contributed by atoms with Gasteiger partial charge in [0.1, 0.15) is 5.69 Å². The number of aromatic nitrogens is 1. The molecule has 1 N–H and O–H groups in total. The summed E-state index contributed by atoms with van der Waals surface area (Å²) >= 11 is 1.29. The highest BCUT2D eigenvalue weighted by Gasteiger charge is 2.28. The van der Waals surface area contributed by atoms with Crippen molar-refractivity contribution in [1.82, 2.24) is 9.69 Å². The zero-order valence-corrected chi connectivity index (χ0v) is 9.42. The van der Waals surface area contributed by atoms with Crippen LogP contribution in [0.1, 0.15) is 30.3 Å². The number of ether oxygens (including phenoxy) is 1. The fourth-order valence-corrected chi connectivity index (χ4v) is 2.30. The Hall–Kier alpha value is -0.940. The molecule has 2 atom stereocenters. The van der Waals surface area contributed by atoms with Crippen LogP contribution >= 0.6 is 11.5 Å². The van der Waals surface area contributed by atoms with Gasteiger partial charge in [-0.05, 0) is 30.4 Å². The lowest BCUT2D eigenvalue weighted by Crippen LogP contribution is -2.40. The van der Waals surface area contributed by atoms with Crippen molar-refractivity contribution < 1.29 is 9.53 Å². The molecule has 2 heterocycles. The Bertz CT molecular complexity index is 326. The largest absolute Gasteiger partial charge is 0.376 e. The third-order valence-corrected chi connectivity index (χ3v) is 3.16. The second-order valence-electron chi connectivity index (χ2n) is 3.57. The Kier molecular flexibility index (Phi) is 3.33. The number of nitrogens with zero attached hydrogens (tertiary/aromatic N) is 1. The summed E-state index contributed by atoms with van der Waals surface area (Å²) < 4.78 is 9.50. The van der Waals surface area contributed by atoms with E-state index < -0.39 is 0 Å². The number of nitrogens with one attached hydrogen (secondary N) is 1. The molecule has 1 amide bonds. The van der Waals surface area contributed by atoms with E-state index in [2.05, 4.69) is 16.6 Å². The van der Waals surface area contributed by atoms with Crippen LogP contribution in [0, 0.1) is 0 Å². The predicted molar refractivity (Wildman–Crippen MR) is 58.0 cm³/mol. The number of hydrogen-bond acceptors (Lipinski definition) is 4. The van der Waals surface area contributed by atoms with Crippen molar-refractivity contribution in [1.29, 1.82) is 0 Å². The van der Waals surface area contributed by atoms with Gasteiger partial charge in [0.05, 0.1) is 12.1 Å². The number of rotatable bonds is 3. The van der Waals surface area contributed by atoms with Crippen LogP contribution in [0.2, 0.25) is 0 Å². The zero-order valence-electron chi connectivity index (χ0n) is 8.60. The maximum absolute atomic E-state index is 11.7. The zero-order chi connectivity index (χ0) is 10.7. The first-order valence-corrected chi connectivity index (χ1v) is 5.97. The predicted octanol–water partition coefficient (Wildman–Crippen LogP) is 1.44. The second kappa shape index (κ2) is 4.72. The van der Waals surface area contributed by atoms with Crippen molar-refractivity contribution in [3.8, 4) is 0 Å². The Labute approximate surface area is 92.8 Å². The van der Waals surface area contributed by atoms with E-state index in [1.54, 1.807) is 11.4 Å². The van der Waals surface area contributed by atoms with Gasteiger partial charge in [0.25, 0.3) is 5.91 Å². The van der Waals surface area contributed by atoms with Crippen LogP contribution in [0.5, 0.6) is 0 Å². The molecule has 1 fully saturated rings. The van der Waals surface area contributed by atoms with Crippen LogP contribution in [0.4, 0.5) is 0 Å². The standard InChI is InChI=1S/C10H14N2O2S/c1-2-9-7(3-5-14-9)11-10(13)8-4-6-15-12-8/h4,6-7,9H,2-3,5H2,1H3,(H,11,13)/t7-,9+/m0/s1. The summed E-state index contributed by atoms with van der Waals surface area (Å²) in [5.41, 5.74) is 0.502. The van der Waals surface area contributed by atoms with Gasteiger partial charge in [-0.3, -0.25) is 4.79 Å². The van der Waals surface area contributed by atoms with Gasteiger partial charge in [-0.2, -0.15) is 4.37 Å². The van der Waals surface area contributed by atoms with Crippen LogP contribution < -0.4 is 5.32 Å². The van der Waals surface area contributed by atoms with Gasteiger partial charge in [-0.1, -0.05) is 6.92 Å². The number of carbonyl (C=O) groups excluding carboxylic acids is 1. The minimum Gasteiger partial charge on any atom is -0.376 e. The van der Waals surface area contributed by atoms with E-state index in [9.17, 15) is 4.79 Å². The molecule has 0 unspecified atom stereocenters. The lowest BCUT2D eigenvalue weighted by Gasteiger charge is -2.17. The first-order valence-electron chi connectivity index (χ1n) is 5.14. The van der Waals surface area contributed by atoms with Crippen LogP contribution in [-0.4, -0.2) is 29.0 Å². The first-order chi connectivity index (χ1) is 7.31. The maximum atomic E-state index is 11.7. The average Bonchev–Trinajstić information content (AvgIpc) is 2.87. The lowest BCUT2D eigenvalue weighted by atomic mass is 10.1. The minimum atomic E-state index is -0.0924. The lowest BCUT2D eigenvalue weighted by molar-refractivity contribution is 0.0806. The molecule has 2 rings (SSSR count). The summed E-state index contributed by atoms with van der Waals surface area (Å²) in [4.78, 5) is 11.7. The maximum Gasteiger partial charge on any atom is 0.271 e. The van der Waals surface area contributed by atoms with Crippen LogP contribution in [0.15, 0.2) is 11.4 Å². The fourth-order valence-electron chi connectivity index (χ4n) is 1.79. The van der Waals surface area contributed by atoms with E-state index in [-0.39, 0.29) is 18.1 Å². The minimum absolute atomic E-state index is 0.0924. The topological polar surface area (TPSA) is 51.2 Å². The van der Waals surface area contributed by atoms with Crippen molar-refractivity contribution in [3.05, 3.63) is 17.1 Å². The molecule has 4 nitrogen and oxygen atoms in total. The van der Waals surface area contributed by atoms with E-state index in [1.165, 1.54) is 11.5 Å². The molecule has 0 aromatic carbocycles. The number of hydrogen-bond donors (Lipinski definition) is 1. The fraction of sp³-hybridized carbons (Fsp3) is 0.600. The first kappa shape index (κ1) is 10.6. The molecule has 0 saturated carbocycles. The van der Waals surface area contributed by atoms with Gasteiger partial charge in [-0.25, -0.2) is 0 Å². The van der Waals surface area contributed by atoms with E-state index in [0.717, 1.165) is 19.4 Å². The van der Waals surface area contributed by atoms with Crippen LogP contribution in [0.3, 0.4) is 0 Å². The van der Waals surface area contributed by atoms with Gasteiger partial charge in [0.15, 0.2) is 0 Å². The van der Waals surface area contributed by atoms with E-state index >= 15 is 0 Å². The smallest absolute Gasteiger partial charge is 0.271 e. The molecular weight excluding hydrogens is 212 g/mol. The van der Waals surface area contributed by atoms with Gasteiger partial charge >= 0.3 is 0 Å². The van der Waals surface area contributed by atoms with E-state index in [0.29, 0.717) is 5.69 Å². The summed E-state index contributed by atoms with van der Waals surface area (Å²) in [6, 6.07) is 1.88. The Morgan fingerprint density at radius 3 is 3.33 bits per heavy atom. The number of carbonyl (C=O) groups is 1. The van der Waals surface area contributed by atoms with E-state index in [4.69, 9.17) is 4.74 Å². The molecule has 1 aliphatic rings. The van der Waals surface area contributed by atoms with Crippen molar-refractivity contribution in [3.63, 3.8) is 0 Å². The SMILES string of the molecule is CC[C@H]1OCC[C@@H]1NC(=O)c1ccsn1.